The number of rotatable bonds is 2. The van der Waals surface area contributed by atoms with E-state index in [9.17, 15) is 4.79 Å². The molecule has 0 fully saturated rings. The van der Waals surface area contributed by atoms with E-state index in [0.717, 1.165) is 4.47 Å². The largest absolute Gasteiger partial charge is 0.292 e. The Balaban J connectivity index is 2.95. The normalized spacial score (nSPS) is 13.7. The van der Waals surface area contributed by atoms with Crippen LogP contribution in [-0.4, -0.2) is 14.6 Å². The van der Waals surface area contributed by atoms with Gasteiger partial charge in [0.1, 0.15) is 5.69 Å². The first-order chi connectivity index (χ1) is 6.82. The molecule has 0 aliphatic carbocycles. The molecule has 82 valence electrons. The average Bonchev–Trinajstić information content (AvgIpc) is 2.14. The molecule has 0 saturated carbocycles. The predicted molar refractivity (Wildman–Crippen MR) is 65.7 cm³/mol. The zero-order valence-electron chi connectivity index (χ0n) is 7.68. The van der Waals surface area contributed by atoms with E-state index in [0.29, 0.717) is 0 Å². The number of aromatic nitrogens is 1. The molecule has 2 nitrogen and oxygen atoms in total. The van der Waals surface area contributed by atoms with E-state index in [-0.39, 0.29) is 11.5 Å². The van der Waals surface area contributed by atoms with Gasteiger partial charge < -0.3 is 0 Å². The molecule has 0 N–H and O–H groups in total. The second-order valence-corrected chi connectivity index (χ2v) is 6.27. The molecular formula is C9H7BrCl3NO. The molecule has 1 atom stereocenters. The third-order valence-electron chi connectivity index (χ3n) is 1.86. The van der Waals surface area contributed by atoms with Crippen LogP contribution >= 0.6 is 50.7 Å². The van der Waals surface area contributed by atoms with Gasteiger partial charge in [-0.2, -0.15) is 0 Å². The van der Waals surface area contributed by atoms with E-state index < -0.39 is 9.71 Å². The third kappa shape index (κ3) is 3.59. The van der Waals surface area contributed by atoms with E-state index in [1.807, 2.05) is 0 Å². The molecule has 0 aliphatic rings. The molecule has 1 heterocycles. The molecule has 0 aliphatic heterocycles. The summed E-state index contributed by atoms with van der Waals surface area (Å²) in [6.07, 6.45) is 1.52. The van der Waals surface area contributed by atoms with Crippen LogP contribution in [0.25, 0.3) is 0 Å². The molecule has 1 aromatic rings. The van der Waals surface area contributed by atoms with Crippen molar-refractivity contribution in [2.45, 2.75) is 10.7 Å². The second kappa shape index (κ2) is 5.00. The third-order valence-corrected chi connectivity index (χ3v) is 3.33. The van der Waals surface area contributed by atoms with Crippen LogP contribution in [0.15, 0.2) is 22.8 Å². The Kier molecular flexibility index (Phi) is 4.41. The first-order valence-corrected chi connectivity index (χ1v) is 5.97. The van der Waals surface area contributed by atoms with Crippen molar-refractivity contribution < 1.29 is 4.79 Å². The zero-order chi connectivity index (χ0) is 11.6. The van der Waals surface area contributed by atoms with E-state index in [1.165, 1.54) is 6.20 Å². The van der Waals surface area contributed by atoms with E-state index >= 15 is 0 Å². The van der Waals surface area contributed by atoms with Gasteiger partial charge in [-0.1, -0.05) is 57.7 Å². The summed E-state index contributed by atoms with van der Waals surface area (Å²) in [6.45, 7) is 1.55. The number of carbonyl (C=O) groups excluding carboxylic acids is 1. The standard InChI is InChI=1S/C9H7BrCl3NO/c1-5(9(11,12)13)8(15)7-4-6(10)2-3-14-7/h2-5H,1H3. The van der Waals surface area contributed by atoms with E-state index in [2.05, 4.69) is 20.9 Å². The summed E-state index contributed by atoms with van der Waals surface area (Å²) >= 11 is 20.2. The number of nitrogens with zero attached hydrogens (tertiary/aromatic N) is 1. The maximum Gasteiger partial charge on any atom is 0.200 e. The number of hydrogen-bond donors (Lipinski definition) is 0. The van der Waals surface area contributed by atoms with Crippen LogP contribution in [-0.2, 0) is 0 Å². The fourth-order valence-electron chi connectivity index (χ4n) is 0.910. The number of pyridine rings is 1. The van der Waals surface area contributed by atoms with Gasteiger partial charge in [0.05, 0.1) is 5.92 Å². The van der Waals surface area contributed by atoms with Gasteiger partial charge in [-0.05, 0) is 12.1 Å². The molecule has 0 spiro atoms. The van der Waals surface area contributed by atoms with Gasteiger partial charge in [0.2, 0.25) is 0 Å². The van der Waals surface area contributed by atoms with Crippen LogP contribution in [0, 0.1) is 5.92 Å². The molecule has 0 saturated heterocycles. The minimum atomic E-state index is -1.61. The molecule has 1 unspecified atom stereocenters. The average molecular weight is 331 g/mol. The fourth-order valence-corrected chi connectivity index (χ4v) is 1.54. The lowest BCUT2D eigenvalue weighted by Crippen LogP contribution is -2.25. The van der Waals surface area contributed by atoms with Crippen molar-refractivity contribution >= 4 is 56.5 Å². The summed E-state index contributed by atoms with van der Waals surface area (Å²) in [5.74, 6) is -1.03. The Morgan fingerprint density at radius 2 is 2.13 bits per heavy atom. The molecular weight excluding hydrogens is 324 g/mol. The lowest BCUT2D eigenvalue weighted by Gasteiger charge is -2.18. The van der Waals surface area contributed by atoms with Gasteiger partial charge in [-0.3, -0.25) is 9.78 Å². The van der Waals surface area contributed by atoms with E-state index in [1.54, 1.807) is 19.1 Å². The minimum absolute atomic E-state index is 0.281. The Labute approximate surface area is 111 Å². The molecule has 0 aromatic carbocycles. The van der Waals surface area contributed by atoms with Crippen molar-refractivity contribution in [2.75, 3.05) is 0 Å². The molecule has 1 rings (SSSR count). The fraction of sp³-hybridized carbons (Fsp3) is 0.333. The Morgan fingerprint density at radius 1 is 1.53 bits per heavy atom. The van der Waals surface area contributed by atoms with Crippen molar-refractivity contribution in [1.82, 2.24) is 4.98 Å². The molecule has 1 aromatic heterocycles. The van der Waals surface area contributed by atoms with Crippen LogP contribution in [0.4, 0.5) is 0 Å². The van der Waals surface area contributed by atoms with Gasteiger partial charge in [-0.15, -0.1) is 0 Å². The molecule has 0 amide bonds. The second-order valence-electron chi connectivity index (χ2n) is 2.99. The van der Waals surface area contributed by atoms with Crippen molar-refractivity contribution in [3.63, 3.8) is 0 Å². The van der Waals surface area contributed by atoms with Crippen molar-refractivity contribution in [3.8, 4) is 0 Å². The molecule has 6 heteroatoms. The summed E-state index contributed by atoms with van der Waals surface area (Å²) in [6, 6.07) is 3.31. The molecule has 15 heavy (non-hydrogen) atoms. The first-order valence-electron chi connectivity index (χ1n) is 4.05. The number of carbonyl (C=O) groups is 1. The Bertz CT molecular complexity index is 378. The van der Waals surface area contributed by atoms with Crippen molar-refractivity contribution in [1.29, 1.82) is 0 Å². The topological polar surface area (TPSA) is 30.0 Å². The number of alkyl halides is 3. The summed E-state index contributed by atoms with van der Waals surface area (Å²) in [7, 11) is 0. The number of ketones is 1. The maximum absolute atomic E-state index is 11.8. The quantitative estimate of drug-likeness (QED) is 0.605. The van der Waals surface area contributed by atoms with Gasteiger partial charge in [0, 0.05) is 10.7 Å². The number of Topliss-reactive ketones (excluding diaryl/α,β-unsaturated/α-hetero) is 1. The Morgan fingerprint density at radius 3 is 2.60 bits per heavy atom. The summed E-state index contributed by atoms with van der Waals surface area (Å²) < 4.78 is -0.849. The lowest BCUT2D eigenvalue weighted by molar-refractivity contribution is 0.0926. The van der Waals surface area contributed by atoms with Gasteiger partial charge in [0.15, 0.2) is 9.58 Å². The van der Waals surface area contributed by atoms with Crippen LogP contribution in [0.3, 0.4) is 0 Å². The number of halogens is 4. The highest BCUT2D eigenvalue weighted by Crippen LogP contribution is 2.36. The first kappa shape index (κ1) is 13.2. The van der Waals surface area contributed by atoms with Gasteiger partial charge >= 0.3 is 0 Å². The predicted octanol–water partition coefficient (Wildman–Crippen LogP) is 4.03. The maximum atomic E-state index is 11.8. The highest BCUT2D eigenvalue weighted by Gasteiger charge is 2.35. The van der Waals surface area contributed by atoms with Crippen LogP contribution < -0.4 is 0 Å². The number of hydrogen-bond acceptors (Lipinski definition) is 2. The lowest BCUT2D eigenvalue weighted by atomic mass is 10.1. The summed E-state index contributed by atoms with van der Waals surface area (Å²) in [4.78, 5) is 15.7. The van der Waals surface area contributed by atoms with Gasteiger partial charge in [-0.25, -0.2) is 0 Å². The van der Waals surface area contributed by atoms with Crippen LogP contribution in [0.2, 0.25) is 0 Å². The summed E-state index contributed by atoms with van der Waals surface area (Å²) in [5.41, 5.74) is 0.281. The highest BCUT2D eigenvalue weighted by molar-refractivity contribution is 9.10. The van der Waals surface area contributed by atoms with Gasteiger partial charge in [0.25, 0.3) is 0 Å². The highest BCUT2D eigenvalue weighted by atomic mass is 79.9. The van der Waals surface area contributed by atoms with E-state index in [4.69, 9.17) is 34.8 Å². The Hall–Kier alpha value is 0.170. The zero-order valence-corrected chi connectivity index (χ0v) is 11.5. The van der Waals surface area contributed by atoms with Crippen molar-refractivity contribution in [3.05, 3.63) is 28.5 Å². The minimum Gasteiger partial charge on any atom is -0.292 e. The SMILES string of the molecule is CC(C(=O)c1cc(Br)ccn1)C(Cl)(Cl)Cl. The molecule has 0 bridgehead atoms. The van der Waals surface area contributed by atoms with Crippen molar-refractivity contribution in [2.24, 2.45) is 5.92 Å². The monoisotopic (exact) mass is 329 g/mol. The smallest absolute Gasteiger partial charge is 0.200 e. The van der Waals surface area contributed by atoms with Crippen LogP contribution in [0.1, 0.15) is 17.4 Å². The van der Waals surface area contributed by atoms with Crippen LogP contribution in [0.5, 0.6) is 0 Å². The summed E-state index contributed by atoms with van der Waals surface area (Å²) in [5, 5.41) is 0. The molecule has 0 radical (unpaired) electrons.